The lowest BCUT2D eigenvalue weighted by Gasteiger charge is -2.21. The van der Waals surface area contributed by atoms with Crippen molar-refractivity contribution in [2.45, 2.75) is 464 Å². The van der Waals surface area contributed by atoms with E-state index in [1.165, 1.54) is 270 Å². The van der Waals surface area contributed by atoms with E-state index in [4.69, 9.17) is 37.0 Å². The second-order valence-electron chi connectivity index (χ2n) is 30.1. The molecule has 102 heavy (non-hydrogen) atoms. The van der Waals surface area contributed by atoms with Crippen LogP contribution in [0.1, 0.15) is 446 Å². The van der Waals surface area contributed by atoms with Crippen LogP contribution in [0.15, 0.2) is 0 Å². The van der Waals surface area contributed by atoms with Gasteiger partial charge in [0.1, 0.15) is 19.3 Å². The SMILES string of the molecule is CCCCCCCCCCCCCCCCCCCCCC(=O)O[C@H](COC(=O)CCCCCCCCCCCCCCCCCC)COP(=O)(O)OC[C@@H](O)COP(=O)(O)OC[C@@H](COC(=O)CCCCCCCCCCC(C)CC)OC(=O)CCCCCCCCCCCCCCCCC. The summed E-state index contributed by atoms with van der Waals surface area (Å²) in [5.74, 6) is -1.32. The second-order valence-corrected chi connectivity index (χ2v) is 33.0. The number of carbonyl (C=O) groups excluding carboxylic acids is 4. The van der Waals surface area contributed by atoms with Crippen molar-refractivity contribution >= 4 is 39.5 Å². The maximum absolute atomic E-state index is 13.1. The van der Waals surface area contributed by atoms with Crippen molar-refractivity contribution in [1.29, 1.82) is 0 Å². The minimum Gasteiger partial charge on any atom is -0.462 e. The van der Waals surface area contributed by atoms with Crippen LogP contribution in [-0.4, -0.2) is 96.7 Å². The molecule has 0 aliphatic carbocycles. The Bertz CT molecular complexity index is 1950. The van der Waals surface area contributed by atoms with Gasteiger partial charge in [-0.3, -0.25) is 37.3 Å². The summed E-state index contributed by atoms with van der Waals surface area (Å²) in [5, 5.41) is 10.7. The highest BCUT2D eigenvalue weighted by Gasteiger charge is 2.30. The van der Waals surface area contributed by atoms with Crippen LogP contribution in [0, 0.1) is 5.92 Å². The molecule has 0 rings (SSSR count). The molecule has 19 heteroatoms. The first kappa shape index (κ1) is 100. The Morgan fingerprint density at radius 3 is 0.696 bits per heavy atom. The Hall–Kier alpha value is -1.94. The molecule has 0 bridgehead atoms. The van der Waals surface area contributed by atoms with E-state index in [0.717, 1.165) is 95.8 Å². The number of phosphoric acid groups is 2. The van der Waals surface area contributed by atoms with Crippen LogP contribution in [0.2, 0.25) is 0 Å². The summed E-state index contributed by atoms with van der Waals surface area (Å²) in [5.41, 5.74) is 0. The van der Waals surface area contributed by atoms with Gasteiger partial charge in [-0.15, -0.1) is 0 Å². The van der Waals surface area contributed by atoms with Crippen LogP contribution in [-0.2, 0) is 65.4 Å². The van der Waals surface area contributed by atoms with Gasteiger partial charge in [-0.1, -0.05) is 394 Å². The van der Waals surface area contributed by atoms with E-state index in [9.17, 15) is 43.2 Å². The zero-order chi connectivity index (χ0) is 74.8. The van der Waals surface area contributed by atoms with Crippen molar-refractivity contribution in [2.24, 2.45) is 5.92 Å². The third-order valence-electron chi connectivity index (χ3n) is 19.9. The van der Waals surface area contributed by atoms with E-state index in [0.29, 0.717) is 25.7 Å². The lowest BCUT2D eigenvalue weighted by molar-refractivity contribution is -0.161. The number of rotatable bonds is 83. The molecule has 0 saturated heterocycles. The molecule has 606 valence electrons. The molecular weight excluding hydrogens is 1330 g/mol. The van der Waals surface area contributed by atoms with E-state index < -0.39 is 97.5 Å². The monoisotopic (exact) mass is 1490 g/mol. The van der Waals surface area contributed by atoms with Crippen LogP contribution in [0.5, 0.6) is 0 Å². The van der Waals surface area contributed by atoms with E-state index in [2.05, 4.69) is 34.6 Å². The Morgan fingerprint density at radius 2 is 0.471 bits per heavy atom. The molecule has 0 aromatic rings. The summed E-state index contributed by atoms with van der Waals surface area (Å²) in [6, 6.07) is 0. The minimum absolute atomic E-state index is 0.108. The molecule has 0 aliphatic rings. The third-order valence-corrected chi connectivity index (χ3v) is 21.8. The Balaban J connectivity index is 5.26. The van der Waals surface area contributed by atoms with Gasteiger partial charge < -0.3 is 33.8 Å². The molecule has 0 amide bonds. The van der Waals surface area contributed by atoms with Crippen LogP contribution in [0.3, 0.4) is 0 Å². The molecule has 0 saturated carbocycles. The summed E-state index contributed by atoms with van der Waals surface area (Å²) < 4.78 is 68.8. The van der Waals surface area contributed by atoms with Crippen molar-refractivity contribution in [1.82, 2.24) is 0 Å². The fourth-order valence-electron chi connectivity index (χ4n) is 12.9. The van der Waals surface area contributed by atoms with Crippen LogP contribution in [0.4, 0.5) is 0 Å². The molecule has 0 aliphatic heterocycles. The highest BCUT2D eigenvalue weighted by Crippen LogP contribution is 2.45. The van der Waals surface area contributed by atoms with Gasteiger partial charge in [0, 0.05) is 25.7 Å². The van der Waals surface area contributed by atoms with E-state index in [1.807, 2.05) is 0 Å². The summed E-state index contributed by atoms with van der Waals surface area (Å²) >= 11 is 0. The summed E-state index contributed by atoms with van der Waals surface area (Å²) in [4.78, 5) is 73.2. The molecular formula is C83H162O17P2. The molecule has 0 fully saturated rings. The number of esters is 4. The minimum atomic E-state index is -4.96. The standard InChI is InChI=1S/C83H162O17P2/c1-6-10-13-16-19-22-25-28-31-33-34-35-38-41-44-47-54-59-64-69-82(87)99-78(72-93-80(85)66-61-56-51-45-42-39-37-32-29-26-23-20-17-14-11-7-2)74-97-101(89,90)95-70-77(84)71-96-102(91,92)98-75-79(73-94-81(86)67-62-57-52-49-48-50-55-60-65-76(5)9-4)100-83(88)68-63-58-53-46-43-40-36-30-27-24-21-18-15-12-8-3/h76-79,84H,6-75H2,1-5H3,(H,89,90)(H,91,92)/t76?,77-,78-,79-/m1/s1. The van der Waals surface area contributed by atoms with Gasteiger partial charge in [0.25, 0.3) is 0 Å². The number of phosphoric ester groups is 2. The predicted molar refractivity (Wildman–Crippen MR) is 418 cm³/mol. The fourth-order valence-corrected chi connectivity index (χ4v) is 14.5. The molecule has 6 atom stereocenters. The lowest BCUT2D eigenvalue weighted by atomic mass is 9.99. The Morgan fingerprint density at radius 1 is 0.275 bits per heavy atom. The number of hydrogen-bond donors (Lipinski definition) is 3. The van der Waals surface area contributed by atoms with E-state index in [1.54, 1.807) is 0 Å². The zero-order valence-electron chi connectivity index (χ0n) is 66.8. The second kappa shape index (κ2) is 75.9. The molecule has 0 radical (unpaired) electrons. The average molecular weight is 1490 g/mol. The van der Waals surface area contributed by atoms with Crippen LogP contribution in [0.25, 0.3) is 0 Å². The van der Waals surface area contributed by atoms with Gasteiger partial charge in [-0.2, -0.15) is 0 Å². The number of unbranched alkanes of at least 4 members (excludes halogenated alkanes) is 54. The number of hydrogen-bond acceptors (Lipinski definition) is 15. The normalized spacial score (nSPS) is 14.1. The highest BCUT2D eigenvalue weighted by molar-refractivity contribution is 7.47. The quantitative estimate of drug-likeness (QED) is 0.0222. The number of ether oxygens (including phenoxy) is 4. The molecule has 0 spiro atoms. The van der Waals surface area contributed by atoms with Gasteiger partial charge in [0.05, 0.1) is 26.4 Å². The topological polar surface area (TPSA) is 237 Å². The Kier molecular flexibility index (Phi) is 74.4. The number of aliphatic hydroxyl groups is 1. The third kappa shape index (κ3) is 74.9. The Labute approximate surface area is 626 Å². The zero-order valence-corrected chi connectivity index (χ0v) is 68.5. The van der Waals surface area contributed by atoms with Crippen molar-refractivity contribution < 1.29 is 80.2 Å². The highest BCUT2D eigenvalue weighted by atomic mass is 31.2. The molecule has 0 aromatic heterocycles. The van der Waals surface area contributed by atoms with Crippen molar-refractivity contribution in [3.63, 3.8) is 0 Å². The summed E-state index contributed by atoms with van der Waals surface area (Å²) in [7, 11) is -9.92. The fraction of sp³-hybridized carbons (Fsp3) is 0.952. The van der Waals surface area contributed by atoms with Gasteiger partial charge >= 0.3 is 39.5 Å². The largest absolute Gasteiger partial charge is 0.472 e. The average Bonchev–Trinajstić information content (AvgIpc) is 0.921. The first-order chi connectivity index (χ1) is 49.6. The van der Waals surface area contributed by atoms with Crippen LogP contribution >= 0.6 is 15.6 Å². The first-order valence-corrected chi connectivity index (χ1v) is 46.2. The van der Waals surface area contributed by atoms with Crippen molar-refractivity contribution in [3.05, 3.63) is 0 Å². The van der Waals surface area contributed by atoms with Crippen LogP contribution < -0.4 is 0 Å². The van der Waals surface area contributed by atoms with Crippen molar-refractivity contribution in [2.75, 3.05) is 39.6 Å². The molecule has 3 unspecified atom stereocenters. The van der Waals surface area contributed by atoms with Gasteiger partial charge in [-0.25, -0.2) is 9.13 Å². The lowest BCUT2D eigenvalue weighted by Crippen LogP contribution is -2.30. The van der Waals surface area contributed by atoms with Crippen molar-refractivity contribution in [3.8, 4) is 0 Å². The summed E-state index contributed by atoms with van der Waals surface area (Å²) in [6.45, 7) is 7.36. The van der Waals surface area contributed by atoms with Gasteiger partial charge in [0.15, 0.2) is 12.2 Å². The summed E-state index contributed by atoms with van der Waals surface area (Å²) in [6.07, 6.45) is 67.9. The predicted octanol–water partition coefficient (Wildman–Crippen LogP) is 25.2. The first-order valence-electron chi connectivity index (χ1n) is 43.2. The van der Waals surface area contributed by atoms with Gasteiger partial charge in [0.2, 0.25) is 0 Å². The number of aliphatic hydroxyl groups excluding tert-OH is 1. The van der Waals surface area contributed by atoms with E-state index in [-0.39, 0.29) is 25.7 Å². The molecule has 17 nitrogen and oxygen atoms in total. The number of carbonyl (C=O) groups is 4. The maximum Gasteiger partial charge on any atom is 0.472 e. The molecule has 0 aromatic carbocycles. The van der Waals surface area contributed by atoms with Gasteiger partial charge in [-0.05, 0) is 31.6 Å². The van der Waals surface area contributed by atoms with E-state index >= 15 is 0 Å². The smallest absolute Gasteiger partial charge is 0.462 e. The molecule has 3 N–H and O–H groups in total. The maximum atomic E-state index is 13.1. The molecule has 0 heterocycles.